The summed E-state index contributed by atoms with van der Waals surface area (Å²) in [5, 5.41) is 5.51. The van der Waals surface area contributed by atoms with E-state index in [0.717, 1.165) is 29.8 Å². The summed E-state index contributed by atoms with van der Waals surface area (Å²) in [7, 11) is 0. The first kappa shape index (κ1) is 17.8. The van der Waals surface area contributed by atoms with Crippen molar-refractivity contribution in [3.8, 4) is 0 Å². The van der Waals surface area contributed by atoms with Gasteiger partial charge in [-0.3, -0.25) is 4.79 Å². The zero-order chi connectivity index (χ0) is 18.7. The Morgan fingerprint density at radius 2 is 1.85 bits per heavy atom. The Labute approximate surface area is 153 Å². The van der Waals surface area contributed by atoms with Gasteiger partial charge in [0.2, 0.25) is 0 Å². The Morgan fingerprint density at radius 1 is 1.12 bits per heavy atom. The van der Waals surface area contributed by atoms with Crippen LogP contribution in [0.3, 0.4) is 0 Å². The minimum absolute atomic E-state index is 0.0578. The number of rotatable bonds is 3. The van der Waals surface area contributed by atoms with E-state index >= 15 is 0 Å². The van der Waals surface area contributed by atoms with Gasteiger partial charge in [-0.2, -0.15) is 0 Å². The topological polar surface area (TPSA) is 87.5 Å². The van der Waals surface area contributed by atoms with Crippen molar-refractivity contribution >= 4 is 29.0 Å². The first-order valence-corrected chi connectivity index (χ1v) is 8.82. The van der Waals surface area contributed by atoms with Crippen molar-refractivity contribution < 1.29 is 9.59 Å². The van der Waals surface area contributed by atoms with E-state index in [1.54, 1.807) is 29.2 Å². The highest BCUT2D eigenvalue weighted by Crippen LogP contribution is 2.32. The summed E-state index contributed by atoms with van der Waals surface area (Å²) in [5.41, 5.74) is 9.94. The lowest BCUT2D eigenvalue weighted by Crippen LogP contribution is -2.36. The second-order valence-electron chi connectivity index (χ2n) is 6.74. The summed E-state index contributed by atoms with van der Waals surface area (Å²) >= 11 is 0. The van der Waals surface area contributed by atoms with Crippen molar-refractivity contribution in [1.29, 1.82) is 0 Å². The van der Waals surface area contributed by atoms with E-state index in [9.17, 15) is 9.59 Å². The molecule has 0 saturated carbocycles. The number of carbonyl (C=O) groups excluding carboxylic acids is 2. The van der Waals surface area contributed by atoms with Crippen LogP contribution < -0.4 is 21.3 Å². The largest absolute Gasteiger partial charge is 0.398 e. The van der Waals surface area contributed by atoms with Crippen LogP contribution in [-0.2, 0) is 6.42 Å². The van der Waals surface area contributed by atoms with Crippen LogP contribution in [0, 0.1) is 0 Å². The van der Waals surface area contributed by atoms with E-state index in [0.29, 0.717) is 17.8 Å². The monoisotopic (exact) mass is 352 g/mol. The first-order chi connectivity index (χ1) is 12.5. The van der Waals surface area contributed by atoms with Crippen molar-refractivity contribution in [2.24, 2.45) is 0 Å². The maximum atomic E-state index is 12.9. The number of nitrogens with zero attached hydrogens (tertiary/aromatic N) is 1. The lowest BCUT2D eigenvalue weighted by Gasteiger charge is -2.30. The van der Waals surface area contributed by atoms with Gasteiger partial charge in [0.15, 0.2) is 0 Å². The molecule has 0 unspecified atom stereocenters. The lowest BCUT2D eigenvalue weighted by atomic mass is 9.99. The van der Waals surface area contributed by atoms with Gasteiger partial charge < -0.3 is 21.3 Å². The predicted octanol–water partition coefficient (Wildman–Crippen LogP) is 3.39. The van der Waals surface area contributed by atoms with Gasteiger partial charge in [0.1, 0.15) is 0 Å². The molecule has 2 aromatic carbocycles. The fourth-order valence-corrected chi connectivity index (χ4v) is 3.14. The van der Waals surface area contributed by atoms with Gasteiger partial charge in [0.25, 0.3) is 5.91 Å². The molecule has 4 N–H and O–H groups in total. The van der Waals surface area contributed by atoms with E-state index in [1.165, 1.54) is 0 Å². The van der Waals surface area contributed by atoms with Gasteiger partial charge in [0, 0.05) is 35.2 Å². The fourth-order valence-electron chi connectivity index (χ4n) is 3.14. The summed E-state index contributed by atoms with van der Waals surface area (Å²) in [4.78, 5) is 26.5. The van der Waals surface area contributed by atoms with Gasteiger partial charge in [-0.1, -0.05) is 6.07 Å². The molecule has 26 heavy (non-hydrogen) atoms. The second kappa shape index (κ2) is 7.47. The SMILES string of the molecule is CC(C)NC(=O)Nc1ccc(C(=O)N2CCCc3c(N)cccc32)cc1. The van der Waals surface area contributed by atoms with E-state index in [1.807, 2.05) is 32.0 Å². The molecule has 0 radical (unpaired) electrons. The summed E-state index contributed by atoms with van der Waals surface area (Å²) in [6.45, 7) is 4.46. The average Bonchev–Trinajstić information content (AvgIpc) is 2.61. The highest BCUT2D eigenvalue weighted by atomic mass is 16.2. The van der Waals surface area contributed by atoms with Crippen LogP contribution >= 0.6 is 0 Å². The number of anilines is 3. The van der Waals surface area contributed by atoms with Crippen LogP contribution in [0.1, 0.15) is 36.2 Å². The summed E-state index contributed by atoms with van der Waals surface area (Å²) < 4.78 is 0. The molecule has 0 spiro atoms. The zero-order valence-electron chi connectivity index (χ0n) is 15.1. The molecule has 3 rings (SSSR count). The molecular weight excluding hydrogens is 328 g/mol. The number of amides is 3. The summed E-state index contributed by atoms with van der Waals surface area (Å²) in [6.07, 6.45) is 1.78. The zero-order valence-corrected chi connectivity index (χ0v) is 15.1. The summed E-state index contributed by atoms with van der Waals surface area (Å²) in [6, 6.07) is 12.4. The molecule has 3 amide bonds. The molecule has 0 atom stereocenters. The number of hydrogen-bond donors (Lipinski definition) is 3. The molecule has 6 nitrogen and oxygen atoms in total. The van der Waals surface area contributed by atoms with Gasteiger partial charge in [-0.15, -0.1) is 0 Å². The molecule has 0 aliphatic carbocycles. The number of nitrogens with one attached hydrogen (secondary N) is 2. The third-order valence-electron chi connectivity index (χ3n) is 4.34. The van der Waals surface area contributed by atoms with E-state index < -0.39 is 0 Å². The van der Waals surface area contributed by atoms with E-state index in [4.69, 9.17) is 5.73 Å². The average molecular weight is 352 g/mol. The van der Waals surface area contributed by atoms with Crippen LogP contribution in [0.25, 0.3) is 0 Å². The quantitative estimate of drug-likeness (QED) is 0.740. The molecule has 1 aliphatic heterocycles. The van der Waals surface area contributed by atoms with Crippen LogP contribution in [0.15, 0.2) is 42.5 Å². The molecule has 136 valence electrons. The number of urea groups is 1. The predicted molar refractivity (Wildman–Crippen MR) is 105 cm³/mol. The molecule has 2 aromatic rings. The summed E-state index contributed by atoms with van der Waals surface area (Å²) in [5.74, 6) is -0.0604. The van der Waals surface area contributed by atoms with Crippen molar-refractivity contribution in [2.45, 2.75) is 32.7 Å². The smallest absolute Gasteiger partial charge is 0.319 e. The number of fused-ring (bicyclic) bond motifs is 1. The molecule has 0 fully saturated rings. The maximum absolute atomic E-state index is 12.9. The lowest BCUT2D eigenvalue weighted by molar-refractivity contribution is 0.0985. The Morgan fingerprint density at radius 3 is 2.54 bits per heavy atom. The third-order valence-corrected chi connectivity index (χ3v) is 4.34. The fraction of sp³-hybridized carbons (Fsp3) is 0.300. The molecule has 6 heteroatoms. The second-order valence-corrected chi connectivity index (χ2v) is 6.74. The van der Waals surface area contributed by atoms with Gasteiger partial charge in [0.05, 0.1) is 0 Å². The maximum Gasteiger partial charge on any atom is 0.319 e. The van der Waals surface area contributed by atoms with Crippen molar-refractivity contribution in [1.82, 2.24) is 5.32 Å². The highest BCUT2D eigenvalue weighted by molar-refractivity contribution is 6.07. The molecule has 1 aliphatic rings. The van der Waals surface area contributed by atoms with Crippen molar-refractivity contribution in [3.05, 3.63) is 53.6 Å². The Bertz CT molecular complexity index is 815. The minimum atomic E-state index is -0.264. The van der Waals surface area contributed by atoms with E-state index in [2.05, 4.69) is 10.6 Å². The molecule has 0 aromatic heterocycles. The van der Waals surface area contributed by atoms with Crippen LogP contribution in [0.5, 0.6) is 0 Å². The van der Waals surface area contributed by atoms with Gasteiger partial charge in [-0.05, 0) is 68.7 Å². The Kier molecular flexibility index (Phi) is 5.11. The minimum Gasteiger partial charge on any atom is -0.398 e. The van der Waals surface area contributed by atoms with Crippen molar-refractivity contribution in [3.63, 3.8) is 0 Å². The molecular formula is C20H24N4O2. The Hall–Kier alpha value is -3.02. The van der Waals surface area contributed by atoms with Crippen LogP contribution in [0.4, 0.5) is 21.9 Å². The Balaban J connectivity index is 1.75. The van der Waals surface area contributed by atoms with E-state index in [-0.39, 0.29) is 18.0 Å². The number of nitrogens with two attached hydrogens (primary N) is 1. The third kappa shape index (κ3) is 3.79. The standard InChI is InChI=1S/C20H24N4O2/c1-13(2)22-20(26)23-15-10-8-14(9-11-15)19(25)24-12-4-5-16-17(21)6-3-7-18(16)24/h3,6-11,13H,4-5,12,21H2,1-2H3,(H2,22,23,26). The normalized spacial score (nSPS) is 13.3. The van der Waals surface area contributed by atoms with Gasteiger partial charge >= 0.3 is 6.03 Å². The van der Waals surface area contributed by atoms with Crippen LogP contribution in [0.2, 0.25) is 0 Å². The van der Waals surface area contributed by atoms with Crippen molar-refractivity contribution in [2.75, 3.05) is 22.5 Å². The molecule has 0 bridgehead atoms. The van der Waals surface area contributed by atoms with Gasteiger partial charge in [-0.25, -0.2) is 4.79 Å². The molecule has 0 saturated heterocycles. The molecule has 1 heterocycles. The van der Waals surface area contributed by atoms with Crippen LogP contribution in [-0.4, -0.2) is 24.5 Å². The first-order valence-electron chi connectivity index (χ1n) is 8.82. The number of nitrogen functional groups attached to an aromatic ring is 1. The highest BCUT2D eigenvalue weighted by Gasteiger charge is 2.24. The number of hydrogen-bond acceptors (Lipinski definition) is 3. The number of carbonyl (C=O) groups is 2. The number of benzene rings is 2.